The smallest absolute Gasteiger partial charge is 0.410 e. The number of nitrogens with zero attached hydrogens (tertiary/aromatic N) is 3. The van der Waals surface area contributed by atoms with Crippen molar-refractivity contribution in [2.24, 2.45) is 5.92 Å². The van der Waals surface area contributed by atoms with E-state index in [0.29, 0.717) is 29.9 Å². The Balaban J connectivity index is 1.58. The third-order valence-corrected chi connectivity index (χ3v) is 7.04. The summed E-state index contributed by atoms with van der Waals surface area (Å²) in [6, 6.07) is 11.2. The molecular formula is C25H35N3O4S. The Morgan fingerprint density at radius 2 is 1.85 bits per heavy atom. The van der Waals surface area contributed by atoms with Crippen molar-refractivity contribution in [1.82, 2.24) is 14.8 Å². The molecule has 0 unspecified atom stereocenters. The van der Waals surface area contributed by atoms with Gasteiger partial charge in [0.1, 0.15) is 5.60 Å². The first-order valence-electron chi connectivity index (χ1n) is 11.3. The molecule has 1 aliphatic rings. The molecule has 0 radical (unpaired) electrons. The largest absolute Gasteiger partial charge is 0.444 e. The van der Waals surface area contributed by atoms with E-state index in [4.69, 9.17) is 4.74 Å². The second-order valence-corrected chi connectivity index (χ2v) is 12.0. The quantitative estimate of drug-likeness (QED) is 0.647. The summed E-state index contributed by atoms with van der Waals surface area (Å²) in [7, 11) is -1.10. The van der Waals surface area contributed by atoms with Gasteiger partial charge in [0.2, 0.25) is 0 Å². The van der Waals surface area contributed by atoms with Gasteiger partial charge in [-0.3, -0.25) is 9.88 Å². The molecule has 2 aromatic rings. The van der Waals surface area contributed by atoms with Crippen LogP contribution < -0.4 is 0 Å². The first-order chi connectivity index (χ1) is 15.3. The van der Waals surface area contributed by atoms with E-state index in [0.717, 1.165) is 29.8 Å². The van der Waals surface area contributed by atoms with E-state index in [-0.39, 0.29) is 6.09 Å². The zero-order chi connectivity index (χ0) is 24.4. The van der Waals surface area contributed by atoms with Crippen molar-refractivity contribution in [3.8, 4) is 11.3 Å². The molecule has 1 amide bonds. The van der Waals surface area contributed by atoms with Gasteiger partial charge in [-0.05, 0) is 63.9 Å². The highest BCUT2D eigenvalue weighted by molar-refractivity contribution is 7.90. The predicted octanol–water partition coefficient (Wildman–Crippen LogP) is 4.23. The van der Waals surface area contributed by atoms with Gasteiger partial charge in [-0.15, -0.1) is 0 Å². The molecule has 1 saturated heterocycles. The second-order valence-electron chi connectivity index (χ2n) is 10.0. The number of sulfone groups is 1. The fourth-order valence-corrected chi connectivity index (χ4v) is 4.88. The number of hydrogen-bond donors (Lipinski definition) is 0. The van der Waals surface area contributed by atoms with Crippen LogP contribution in [0.5, 0.6) is 0 Å². The summed E-state index contributed by atoms with van der Waals surface area (Å²) in [6.45, 7) is 9.98. The van der Waals surface area contributed by atoms with E-state index in [1.54, 1.807) is 24.3 Å². The van der Waals surface area contributed by atoms with Gasteiger partial charge in [-0.1, -0.05) is 25.1 Å². The summed E-state index contributed by atoms with van der Waals surface area (Å²) < 4.78 is 28.8. The van der Waals surface area contributed by atoms with Crippen LogP contribution in [0.3, 0.4) is 0 Å². The molecule has 0 saturated carbocycles. The fraction of sp³-hybridized carbons (Fsp3) is 0.520. The topological polar surface area (TPSA) is 79.8 Å². The highest BCUT2D eigenvalue weighted by Gasteiger charge is 2.33. The van der Waals surface area contributed by atoms with Gasteiger partial charge in [0.05, 0.1) is 10.6 Å². The minimum absolute atomic E-state index is 0.236. The average molecular weight is 474 g/mol. The van der Waals surface area contributed by atoms with E-state index >= 15 is 0 Å². The predicted molar refractivity (Wildman–Crippen MR) is 130 cm³/mol. The molecule has 1 aliphatic heterocycles. The van der Waals surface area contributed by atoms with Crippen LogP contribution in [0.15, 0.2) is 47.5 Å². The lowest BCUT2D eigenvalue weighted by Crippen LogP contribution is -2.51. The minimum Gasteiger partial charge on any atom is -0.444 e. The van der Waals surface area contributed by atoms with E-state index < -0.39 is 15.4 Å². The maximum Gasteiger partial charge on any atom is 0.410 e. The fourth-order valence-electron chi connectivity index (χ4n) is 4.25. The van der Waals surface area contributed by atoms with Gasteiger partial charge in [-0.25, -0.2) is 13.2 Å². The van der Waals surface area contributed by atoms with Crippen molar-refractivity contribution < 1.29 is 17.9 Å². The number of amides is 1. The average Bonchev–Trinajstić information content (AvgIpc) is 2.72. The lowest BCUT2D eigenvalue weighted by atomic mass is 9.92. The number of ether oxygens (including phenoxy) is 1. The third-order valence-electron chi connectivity index (χ3n) is 5.91. The zero-order valence-electron chi connectivity index (χ0n) is 20.4. The molecule has 7 nitrogen and oxygen atoms in total. The van der Waals surface area contributed by atoms with Gasteiger partial charge in [0.15, 0.2) is 9.84 Å². The number of hydrogen-bond acceptors (Lipinski definition) is 6. The van der Waals surface area contributed by atoms with E-state index in [9.17, 15) is 13.2 Å². The van der Waals surface area contributed by atoms with Crippen LogP contribution in [0.2, 0.25) is 0 Å². The van der Waals surface area contributed by atoms with Crippen molar-refractivity contribution in [2.75, 3.05) is 26.4 Å². The Kier molecular flexibility index (Phi) is 7.49. The maximum atomic E-state index is 12.4. The van der Waals surface area contributed by atoms with Crippen molar-refractivity contribution in [3.05, 3.63) is 48.2 Å². The summed E-state index contributed by atoms with van der Waals surface area (Å²) in [5, 5.41) is 0. The summed E-state index contributed by atoms with van der Waals surface area (Å²) in [4.78, 5) is 21.4. The minimum atomic E-state index is -3.21. The molecule has 0 spiro atoms. The molecule has 33 heavy (non-hydrogen) atoms. The first kappa shape index (κ1) is 25.2. The van der Waals surface area contributed by atoms with Crippen molar-refractivity contribution in [1.29, 1.82) is 0 Å². The lowest BCUT2D eigenvalue weighted by molar-refractivity contribution is 0.00580. The van der Waals surface area contributed by atoms with Crippen LogP contribution in [0.25, 0.3) is 11.3 Å². The molecular weight excluding hydrogens is 438 g/mol. The van der Waals surface area contributed by atoms with E-state index in [1.165, 1.54) is 6.26 Å². The van der Waals surface area contributed by atoms with Crippen molar-refractivity contribution >= 4 is 15.9 Å². The van der Waals surface area contributed by atoms with Crippen LogP contribution >= 0.6 is 0 Å². The summed E-state index contributed by atoms with van der Waals surface area (Å²) in [5.41, 5.74) is 2.31. The summed E-state index contributed by atoms with van der Waals surface area (Å²) >= 11 is 0. The van der Waals surface area contributed by atoms with Crippen LogP contribution in [0.1, 0.15) is 39.7 Å². The molecule has 8 heteroatoms. The van der Waals surface area contributed by atoms with E-state index in [2.05, 4.69) is 29.9 Å². The van der Waals surface area contributed by atoms with Crippen molar-refractivity contribution in [2.45, 2.75) is 57.2 Å². The van der Waals surface area contributed by atoms with Crippen LogP contribution in [-0.4, -0.2) is 67.3 Å². The number of carbonyl (C=O) groups is 1. The van der Waals surface area contributed by atoms with Crippen molar-refractivity contribution in [3.63, 3.8) is 0 Å². The number of rotatable bonds is 5. The second kappa shape index (κ2) is 9.81. The van der Waals surface area contributed by atoms with Gasteiger partial charge < -0.3 is 9.64 Å². The lowest BCUT2D eigenvalue weighted by Gasteiger charge is -2.41. The third kappa shape index (κ3) is 6.77. The van der Waals surface area contributed by atoms with Gasteiger partial charge in [-0.2, -0.15) is 0 Å². The molecule has 0 bridgehead atoms. The summed E-state index contributed by atoms with van der Waals surface area (Å²) in [6.07, 6.45) is 3.74. The van der Waals surface area contributed by atoms with Gasteiger partial charge >= 0.3 is 6.09 Å². The molecule has 180 valence electrons. The van der Waals surface area contributed by atoms with E-state index in [1.807, 2.05) is 37.9 Å². The monoisotopic (exact) mass is 473 g/mol. The SMILES string of the molecule is C[C@H]1CN(C(=O)OC(C)(C)C)CC[C@@H]1N(C)Cc1ccc(-c2ccc(S(C)(=O)=O)cc2)nc1. The molecule has 1 aromatic heterocycles. The number of aromatic nitrogens is 1. The maximum absolute atomic E-state index is 12.4. The zero-order valence-corrected chi connectivity index (χ0v) is 21.2. The molecule has 1 fully saturated rings. The summed E-state index contributed by atoms with van der Waals surface area (Å²) in [5.74, 6) is 0.330. The molecule has 2 atom stereocenters. The Hall–Kier alpha value is -2.45. The number of carbonyl (C=O) groups excluding carboxylic acids is 1. The highest BCUT2D eigenvalue weighted by atomic mass is 32.2. The highest BCUT2D eigenvalue weighted by Crippen LogP contribution is 2.25. The van der Waals surface area contributed by atoms with Gasteiger partial charge in [0, 0.05) is 43.7 Å². The Morgan fingerprint density at radius 1 is 1.18 bits per heavy atom. The van der Waals surface area contributed by atoms with Crippen LogP contribution in [0, 0.1) is 5.92 Å². The number of likely N-dealkylation sites (tertiary alicyclic amines) is 1. The van der Waals surface area contributed by atoms with Crippen LogP contribution in [0.4, 0.5) is 4.79 Å². The first-order valence-corrected chi connectivity index (χ1v) is 13.2. The Labute approximate surface area is 197 Å². The number of piperidine rings is 1. The number of benzene rings is 1. The molecule has 0 aliphatic carbocycles. The Bertz CT molecular complexity index is 1060. The molecule has 2 heterocycles. The van der Waals surface area contributed by atoms with Crippen LogP contribution in [-0.2, 0) is 21.1 Å². The normalized spacial score (nSPS) is 19.5. The molecule has 1 aromatic carbocycles. The Morgan fingerprint density at radius 3 is 2.36 bits per heavy atom. The molecule has 3 rings (SSSR count). The van der Waals surface area contributed by atoms with Gasteiger partial charge in [0.25, 0.3) is 0 Å². The number of pyridine rings is 1. The standard InChI is InChI=1S/C25H35N3O4S/c1-18-16-28(24(29)32-25(2,3)4)14-13-23(18)27(5)17-19-7-12-22(26-15-19)20-8-10-21(11-9-20)33(6,30)31/h7-12,15,18,23H,13-14,16-17H2,1-6H3/t18-,23-/m0/s1. The molecule has 0 N–H and O–H groups in total.